The lowest BCUT2D eigenvalue weighted by Crippen LogP contribution is -2.17. The maximum atomic E-state index is 13.1. The Morgan fingerprint density at radius 3 is 2.35 bits per heavy atom. The second-order valence-corrected chi connectivity index (χ2v) is 11.6. The lowest BCUT2D eigenvalue weighted by atomic mass is 10.2. The standard InChI is InChI=1S/C22H16Br2N2O3S2/c23-17-2-1-3-18(24)16(17)12-31(28,29)15-8-9-19-20(11-15)30-21(22(27)26-19)10-13-4-6-14(25)7-5-13/h1-11H,12,25H2,(H,26,27). The van der Waals surface area contributed by atoms with Crippen LogP contribution in [0.2, 0.25) is 0 Å². The largest absolute Gasteiger partial charge is 0.399 e. The first kappa shape index (κ1) is 22.1. The summed E-state index contributed by atoms with van der Waals surface area (Å²) >= 11 is 8.08. The fraction of sp³-hybridized carbons (Fsp3) is 0.0455. The monoisotopic (exact) mass is 578 g/mol. The molecule has 0 saturated carbocycles. The first-order valence-corrected chi connectivity index (χ1v) is 13.1. The lowest BCUT2D eigenvalue weighted by Gasteiger charge is -2.19. The molecule has 1 heterocycles. The van der Waals surface area contributed by atoms with Crippen LogP contribution in [0.4, 0.5) is 11.4 Å². The molecular weight excluding hydrogens is 564 g/mol. The van der Waals surface area contributed by atoms with Gasteiger partial charge in [0.1, 0.15) is 0 Å². The summed E-state index contributed by atoms with van der Waals surface area (Å²) in [5, 5.41) is 2.83. The van der Waals surface area contributed by atoms with Gasteiger partial charge in [0, 0.05) is 19.5 Å². The normalized spacial score (nSPS) is 14.9. The lowest BCUT2D eigenvalue weighted by molar-refractivity contribution is -0.112. The second-order valence-electron chi connectivity index (χ2n) is 6.85. The van der Waals surface area contributed by atoms with Crippen molar-refractivity contribution in [2.45, 2.75) is 15.5 Å². The number of halogens is 2. The van der Waals surface area contributed by atoms with Crippen LogP contribution >= 0.6 is 43.6 Å². The Bertz CT molecular complexity index is 1300. The van der Waals surface area contributed by atoms with E-state index in [2.05, 4.69) is 37.2 Å². The van der Waals surface area contributed by atoms with Crippen molar-refractivity contribution < 1.29 is 13.2 Å². The number of rotatable bonds is 4. The molecule has 0 radical (unpaired) electrons. The first-order valence-electron chi connectivity index (χ1n) is 9.09. The van der Waals surface area contributed by atoms with Gasteiger partial charge in [-0.2, -0.15) is 0 Å². The van der Waals surface area contributed by atoms with E-state index in [1.165, 1.54) is 17.8 Å². The number of hydrogen-bond acceptors (Lipinski definition) is 5. The predicted molar refractivity (Wildman–Crippen MR) is 132 cm³/mol. The highest BCUT2D eigenvalue weighted by Crippen LogP contribution is 2.40. The zero-order valence-corrected chi connectivity index (χ0v) is 20.7. The molecule has 0 bridgehead atoms. The number of fused-ring (bicyclic) bond motifs is 1. The van der Waals surface area contributed by atoms with Gasteiger partial charge in [-0.1, -0.05) is 61.8 Å². The summed E-state index contributed by atoms with van der Waals surface area (Å²) in [5.41, 5.74) is 8.43. The summed E-state index contributed by atoms with van der Waals surface area (Å²) in [6.45, 7) is 0. The Kier molecular flexibility index (Phi) is 6.30. The number of carbonyl (C=O) groups excluding carboxylic acids is 1. The van der Waals surface area contributed by atoms with Gasteiger partial charge in [0.05, 0.1) is 21.2 Å². The van der Waals surface area contributed by atoms with Crippen LogP contribution in [0.1, 0.15) is 11.1 Å². The summed E-state index contributed by atoms with van der Waals surface area (Å²) in [7, 11) is -3.61. The van der Waals surface area contributed by atoms with Crippen LogP contribution in [0.3, 0.4) is 0 Å². The maximum Gasteiger partial charge on any atom is 0.262 e. The Labute approximate surface area is 201 Å². The van der Waals surface area contributed by atoms with E-state index in [-0.39, 0.29) is 16.6 Å². The third kappa shape index (κ3) is 4.90. The SMILES string of the molecule is Nc1ccc(C=C2Sc3cc(S(=O)(=O)Cc4c(Br)cccc4Br)ccc3NC2=O)cc1. The molecule has 9 heteroatoms. The van der Waals surface area contributed by atoms with E-state index in [1.807, 2.05) is 30.3 Å². The summed E-state index contributed by atoms with van der Waals surface area (Å²) < 4.78 is 27.6. The van der Waals surface area contributed by atoms with Crippen molar-refractivity contribution in [2.24, 2.45) is 0 Å². The van der Waals surface area contributed by atoms with Crippen molar-refractivity contribution in [2.75, 3.05) is 11.1 Å². The Hall–Kier alpha value is -2.07. The van der Waals surface area contributed by atoms with Gasteiger partial charge in [-0.15, -0.1) is 0 Å². The highest BCUT2D eigenvalue weighted by Gasteiger charge is 2.25. The molecule has 3 aromatic carbocycles. The quantitative estimate of drug-likeness (QED) is 0.299. The highest BCUT2D eigenvalue weighted by atomic mass is 79.9. The molecule has 0 spiro atoms. The van der Waals surface area contributed by atoms with Crippen molar-refractivity contribution in [3.8, 4) is 0 Å². The molecule has 0 aliphatic carbocycles. The fourth-order valence-electron chi connectivity index (χ4n) is 3.01. The highest BCUT2D eigenvalue weighted by molar-refractivity contribution is 9.11. The average molecular weight is 580 g/mol. The minimum atomic E-state index is -3.61. The molecule has 158 valence electrons. The molecular formula is C22H16Br2N2O3S2. The van der Waals surface area contributed by atoms with Gasteiger partial charge in [-0.3, -0.25) is 4.79 Å². The van der Waals surface area contributed by atoms with Gasteiger partial charge < -0.3 is 11.1 Å². The van der Waals surface area contributed by atoms with Crippen LogP contribution in [0.25, 0.3) is 6.08 Å². The zero-order valence-electron chi connectivity index (χ0n) is 15.9. The molecule has 0 saturated heterocycles. The van der Waals surface area contributed by atoms with Crippen molar-refractivity contribution >= 4 is 76.8 Å². The van der Waals surface area contributed by atoms with Gasteiger partial charge in [-0.25, -0.2) is 8.42 Å². The van der Waals surface area contributed by atoms with E-state index in [0.717, 1.165) is 14.5 Å². The third-order valence-electron chi connectivity index (χ3n) is 4.63. The van der Waals surface area contributed by atoms with E-state index in [4.69, 9.17) is 5.73 Å². The third-order valence-corrected chi connectivity index (χ3v) is 8.84. The van der Waals surface area contributed by atoms with E-state index in [0.29, 0.717) is 26.7 Å². The molecule has 0 aromatic heterocycles. The Morgan fingerprint density at radius 2 is 1.68 bits per heavy atom. The van der Waals surface area contributed by atoms with Crippen LogP contribution < -0.4 is 11.1 Å². The minimum Gasteiger partial charge on any atom is -0.399 e. The van der Waals surface area contributed by atoms with Gasteiger partial charge in [0.15, 0.2) is 9.84 Å². The van der Waals surface area contributed by atoms with Crippen molar-refractivity contribution in [3.05, 3.63) is 85.6 Å². The Morgan fingerprint density at radius 1 is 1.00 bits per heavy atom. The topological polar surface area (TPSA) is 89.3 Å². The molecule has 3 aromatic rings. The van der Waals surface area contributed by atoms with Crippen LogP contribution in [0.15, 0.2) is 84.3 Å². The van der Waals surface area contributed by atoms with Gasteiger partial charge in [0.25, 0.3) is 5.91 Å². The van der Waals surface area contributed by atoms with Crippen LogP contribution in [0.5, 0.6) is 0 Å². The van der Waals surface area contributed by atoms with Crippen molar-refractivity contribution in [3.63, 3.8) is 0 Å². The molecule has 0 atom stereocenters. The molecule has 0 fully saturated rings. The van der Waals surface area contributed by atoms with Crippen molar-refractivity contribution in [1.82, 2.24) is 0 Å². The number of hydrogen-bond donors (Lipinski definition) is 2. The molecule has 4 rings (SSSR count). The molecule has 5 nitrogen and oxygen atoms in total. The number of anilines is 2. The second kappa shape index (κ2) is 8.82. The molecule has 1 amide bonds. The van der Waals surface area contributed by atoms with E-state index < -0.39 is 9.84 Å². The molecule has 1 aliphatic heterocycles. The zero-order chi connectivity index (χ0) is 22.2. The average Bonchev–Trinajstić information content (AvgIpc) is 2.73. The maximum absolute atomic E-state index is 13.1. The first-order chi connectivity index (χ1) is 14.7. The number of carbonyl (C=O) groups is 1. The summed E-state index contributed by atoms with van der Waals surface area (Å²) in [5.74, 6) is -0.388. The van der Waals surface area contributed by atoms with Crippen LogP contribution in [-0.4, -0.2) is 14.3 Å². The number of benzene rings is 3. The number of sulfone groups is 1. The number of thioether (sulfide) groups is 1. The van der Waals surface area contributed by atoms with Gasteiger partial charge >= 0.3 is 0 Å². The number of amides is 1. The van der Waals surface area contributed by atoms with E-state index in [1.54, 1.807) is 30.3 Å². The van der Waals surface area contributed by atoms with Crippen LogP contribution in [-0.2, 0) is 20.4 Å². The number of nitrogens with two attached hydrogens (primary N) is 1. The smallest absolute Gasteiger partial charge is 0.262 e. The minimum absolute atomic E-state index is 0.154. The van der Waals surface area contributed by atoms with E-state index in [9.17, 15) is 13.2 Å². The van der Waals surface area contributed by atoms with E-state index >= 15 is 0 Å². The van der Waals surface area contributed by atoms with Gasteiger partial charge in [0.2, 0.25) is 0 Å². The summed E-state index contributed by atoms with van der Waals surface area (Å²) in [6.07, 6.45) is 1.75. The van der Waals surface area contributed by atoms with Crippen LogP contribution in [0, 0.1) is 0 Å². The number of nitrogen functional groups attached to an aromatic ring is 1. The summed E-state index contributed by atoms with van der Waals surface area (Å²) in [4.78, 5) is 13.8. The Balaban J connectivity index is 1.65. The van der Waals surface area contributed by atoms with Gasteiger partial charge in [-0.05, 0) is 59.7 Å². The molecule has 0 unspecified atom stereocenters. The van der Waals surface area contributed by atoms with Crippen molar-refractivity contribution in [1.29, 1.82) is 0 Å². The fourth-order valence-corrected chi connectivity index (χ4v) is 7.16. The predicted octanol–water partition coefficient (Wildman–Crippen LogP) is 5.85. The molecule has 1 aliphatic rings. The molecule has 31 heavy (non-hydrogen) atoms. The molecule has 3 N–H and O–H groups in total. The summed E-state index contributed by atoms with van der Waals surface area (Å²) in [6, 6.07) is 17.4. The number of nitrogens with one attached hydrogen (secondary N) is 1.